The highest BCUT2D eigenvalue weighted by atomic mass is 127. The van der Waals surface area contributed by atoms with Gasteiger partial charge in [-0.25, -0.2) is 0 Å². The van der Waals surface area contributed by atoms with Gasteiger partial charge in [-0.3, -0.25) is 9.67 Å². The van der Waals surface area contributed by atoms with Crippen molar-refractivity contribution in [3.05, 3.63) is 46.7 Å². The largest absolute Gasteiger partial charge is 0.355 e. The topological polar surface area (TPSA) is 54.2 Å². The van der Waals surface area contributed by atoms with Crippen LogP contribution in [-0.2, 0) is 13.6 Å². The quantitative estimate of drug-likeness (QED) is 0.253. The molecule has 8 heteroatoms. The van der Waals surface area contributed by atoms with Crippen molar-refractivity contribution >= 4 is 57.6 Å². The number of halogens is 2. The highest BCUT2D eigenvalue weighted by Gasteiger charge is 2.20. The van der Waals surface area contributed by atoms with Crippen LogP contribution in [0.5, 0.6) is 0 Å². The van der Waals surface area contributed by atoms with Gasteiger partial charge in [-0.05, 0) is 38.1 Å². The van der Waals surface area contributed by atoms with Crippen LogP contribution in [0.3, 0.4) is 0 Å². The predicted molar refractivity (Wildman–Crippen MR) is 121 cm³/mol. The van der Waals surface area contributed by atoms with Crippen LogP contribution >= 0.6 is 51.7 Å². The van der Waals surface area contributed by atoms with E-state index < -0.39 is 0 Å². The molecule has 0 saturated carbocycles. The van der Waals surface area contributed by atoms with Crippen LogP contribution in [0, 0.1) is 0 Å². The average molecular weight is 538 g/mol. The minimum atomic E-state index is 0. The Bertz CT molecular complexity index is 685. The van der Waals surface area contributed by atoms with E-state index in [2.05, 4.69) is 74.8 Å². The van der Waals surface area contributed by atoms with Gasteiger partial charge >= 0.3 is 0 Å². The summed E-state index contributed by atoms with van der Waals surface area (Å²) in [4.78, 5) is 5.54. The van der Waals surface area contributed by atoms with Gasteiger partial charge in [-0.1, -0.05) is 15.9 Å². The van der Waals surface area contributed by atoms with E-state index >= 15 is 0 Å². The van der Waals surface area contributed by atoms with Gasteiger partial charge in [0, 0.05) is 53.1 Å². The third-order valence-electron chi connectivity index (χ3n) is 3.33. The molecule has 25 heavy (non-hydrogen) atoms. The molecule has 0 aliphatic heterocycles. The number of nitrogens with zero attached hydrogens (tertiary/aromatic N) is 3. The second-order valence-corrected chi connectivity index (χ2v) is 8.81. The molecule has 1 heterocycles. The molecule has 0 amide bonds. The molecule has 0 aliphatic rings. The van der Waals surface area contributed by atoms with Crippen LogP contribution in [0.2, 0.25) is 0 Å². The van der Waals surface area contributed by atoms with Crippen molar-refractivity contribution in [2.24, 2.45) is 12.0 Å². The molecule has 2 aromatic rings. The summed E-state index contributed by atoms with van der Waals surface area (Å²) in [7, 11) is 3.70. The first kappa shape index (κ1) is 22.3. The van der Waals surface area contributed by atoms with E-state index in [0.717, 1.165) is 22.5 Å². The molecule has 1 aromatic carbocycles. The first-order chi connectivity index (χ1) is 11.4. The number of aromatic nitrogens is 2. The maximum atomic E-state index is 4.28. The van der Waals surface area contributed by atoms with E-state index in [4.69, 9.17) is 0 Å². The van der Waals surface area contributed by atoms with Crippen LogP contribution in [0.15, 0.2) is 51.0 Å². The Hall–Kier alpha value is -0.740. The molecule has 2 N–H and O–H groups in total. The van der Waals surface area contributed by atoms with E-state index in [9.17, 15) is 0 Å². The number of hydrogen-bond donors (Lipinski definition) is 2. The lowest BCUT2D eigenvalue weighted by atomic mass is 10.2. The molecule has 0 radical (unpaired) electrons. The van der Waals surface area contributed by atoms with Gasteiger partial charge < -0.3 is 10.6 Å². The normalized spacial score (nSPS) is 11.8. The Morgan fingerprint density at radius 3 is 2.52 bits per heavy atom. The van der Waals surface area contributed by atoms with E-state index in [0.29, 0.717) is 6.54 Å². The number of nitrogens with one attached hydrogen (secondary N) is 2. The fourth-order valence-electron chi connectivity index (χ4n) is 2.12. The minimum Gasteiger partial charge on any atom is -0.355 e. The number of aliphatic imine (C=N–C) groups is 1. The zero-order chi connectivity index (χ0) is 17.6. The molecule has 0 unspecified atom stereocenters. The fraction of sp³-hybridized carbons (Fsp3) is 0.412. The number of thioether (sulfide) groups is 1. The summed E-state index contributed by atoms with van der Waals surface area (Å²) in [5.41, 5.74) is 1.13. The van der Waals surface area contributed by atoms with Gasteiger partial charge in [0.05, 0.1) is 6.20 Å². The zero-order valence-corrected chi connectivity index (χ0v) is 19.6. The van der Waals surface area contributed by atoms with Gasteiger partial charge in [0.2, 0.25) is 0 Å². The van der Waals surface area contributed by atoms with Crippen LogP contribution in [0.4, 0.5) is 0 Å². The molecule has 0 spiro atoms. The number of hydrogen-bond acceptors (Lipinski definition) is 3. The van der Waals surface area contributed by atoms with Crippen molar-refractivity contribution in [2.75, 3.05) is 13.6 Å². The number of benzene rings is 1. The van der Waals surface area contributed by atoms with Crippen molar-refractivity contribution in [1.29, 1.82) is 0 Å². The van der Waals surface area contributed by atoms with Crippen LogP contribution in [0.1, 0.15) is 19.4 Å². The Balaban J connectivity index is 0.00000312. The fourth-order valence-corrected chi connectivity index (χ4v) is 3.44. The summed E-state index contributed by atoms with van der Waals surface area (Å²) >= 11 is 5.32. The number of guanidine groups is 1. The van der Waals surface area contributed by atoms with E-state index in [1.54, 1.807) is 11.7 Å². The Kier molecular flexibility index (Phi) is 9.29. The minimum absolute atomic E-state index is 0. The Labute approximate surface area is 179 Å². The van der Waals surface area contributed by atoms with Crippen molar-refractivity contribution in [2.45, 2.75) is 30.0 Å². The zero-order valence-electron chi connectivity index (χ0n) is 14.9. The van der Waals surface area contributed by atoms with E-state index in [-0.39, 0.29) is 28.7 Å². The summed E-state index contributed by atoms with van der Waals surface area (Å²) in [6.07, 6.45) is 3.85. The summed E-state index contributed by atoms with van der Waals surface area (Å²) in [5.74, 6) is 0.795. The van der Waals surface area contributed by atoms with Crippen molar-refractivity contribution < 1.29 is 0 Å². The van der Waals surface area contributed by atoms with Crippen molar-refractivity contribution in [3.8, 4) is 0 Å². The summed E-state index contributed by atoms with van der Waals surface area (Å²) in [6.45, 7) is 5.95. The highest BCUT2D eigenvalue weighted by molar-refractivity contribution is 14.0. The molecule has 0 aliphatic carbocycles. The lowest BCUT2D eigenvalue weighted by Gasteiger charge is -2.25. The summed E-state index contributed by atoms with van der Waals surface area (Å²) < 4.78 is 2.94. The van der Waals surface area contributed by atoms with Crippen LogP contribution < -0.4 is 10.6 Å². The SMILES string of the molecule is CN=C(NCc1cnn(C)c1)NCC(C)(C)Sc1ccc(Br)cc1.I. The van der Waals surface area contributed by atoms with E-state index in [1.807, 2.05) is 31.2 Å². The molecule has 1 aromatic heterocycles. The molecular formula is C17H25BrIN5S. The third-order valence-corrected chi connectivity index (χ3v) is 5.06. The Morgan fingerprint density at radius 2 is 1.96 bits per heavy atom. The highest BCUT2D eigenvalue weighted by Crippen LogP contribution is 2.32. The number of rotatable bonds is 6. The van der Waals surface area contributed by atoms with Crippen molar-refractivity contribution in [1.82, 2.24) is 20.4 Å². The molecule has 2 rings (SSSR count). The van der Waals surface area contributed by atoms with Crippen LogP contribution in [-0.4, -0.2) is 34.1 Å². The second kappa shape index (κ2) is 10.4. The maximum Gasteiger partial charge on any atom is 0.191 e. The van der Waals surface area contributed by atoms with Gasteiger partial charge in [0.15, 0.2) is 5.96 Å². The number of aryl methyl sites for hydroxylation is 1. The Morgan fingerprint density at radius 1 is 1.28 bits per heavy atom. The molecule has 0 bridgehead atoms. The average Bonchev–Trinajstić information content (AvgIpc) is 2.95. The summed E-state index contributed by atoms with van der Waals surface area (Å²) in [5, 5.41) is 10.9. The molecule has 0 atom stereocenters. The lowest BCUT2D eigenvalue weighted by molar-refractivity contribution is 0.662. The molecule has 0 fully saturated rings. The molecule has 0 saturated heterocycles. The first-order valence-corrected chi connectivity index (χ1v) is 9.35. The monoisotopic (exact) mass is 537 g/mol. The van der Waals surface area contributed by atoms with Gasteiger partial charge in [0.1, 0.15) is 0 Å². The first-order valence-electron chi connectivity index (χ1n) is 7.74. The molecule has 5 nitrogen and oxygen atoms in total. The smallest absolute Gasteiger partial charge is 0.191 e. The predicted octanol–water partition coefficient (Wildman–Crippen LogP) is 4.04. The third kappa shape index (κ3) is 8.00. The lowest BCUT2D eigenvalue weighted by Crippen LogP contribution is -2.43. The second-order valence-electron chi connectivity index (χ2n) is 6.12. The van der Waals surface area contributed by atoms with Gasteiger partial charge in [-0.2, -0.15) is 5.10 Å². The van der Waals surface area contributed by atoms with Gasteiger partial charge in [0.25, 0.3) is 0 Å². The van der Waals surface area contributed by atoms with Crippen LogP contribution in [0.25, 0.3) is 0 Å². The van der Waals surface area contributed by atoms with Gasteiger partial charge in [-0.15, -0.1) is 35.7 Å². The maximum absolute atomic E-state index is 4.28. The van der Waals surface area contributed by atoms with E-state index in [1.165, 1.54) is 4.90 Å². The molecular weight excluding hydrogens is 513 g/mol. The molecule has 138 valence electrons. The standard InChI is InChI=1S/C17H24BrN5S.HI/c1-17(2,24-15-7-5-14(18)6-8-15)12-21-16(19-3)20-9-13-10-22-23(4)11-13;/h5-8,10-11H,9,12H2,1-4H3,(H2,19,20,21);1H. The summed E-state index contributed by atoms with van der Waals surface area (Å²) in [6, 6.07) is 8.40. The van der Waals surface area contributed by atoms with Crippen molar-refractivity contribution in [3.63, 3.8) is 0 Å².